The number of ether oxygens (including phenoxy) is 1. The highest BCUT2D eigenvalue weighted by Gasteiger charge is 2.35. The van der Waals surface area contributed by atoms with E-state index in [1.807, 2.05) is 13.0 Å². The van der Waals surface area contributed by atoms with E-state index in [0.717, 1.165) is 18.4 Å². The van der Waals surface area contributed by atoms with Crippen LogP contribution in [0.5, 0.6) is 0 Å². The number of thioether (sulfide) groups is 1. The summed E-state index contributed by atoms with van der Waals surface area (Å²) in [5.74, 6) is 0.206. The second-order valence-electron chi connectivity index (χ2n) is 7.21. The molecule has 2 saturated heterocycles. The standard InChI is InChI=1S/C21H22N4O3S2/c1-3-8-22-18-15(19(26)24-11-13(2)6-7-17(24)23-18)10-16-20(27)25(21(29)30-16)12-14-5-4-9-28-14/h3,6-7,10-11,14,22H,1,4-5,8-9,12H2,2H3/b16-10+/t14-/m0/s1. The predicted octanol–water partition coefficient (Wildman–Crippen LogP) is 2.98. The number of hydrogen-bond donors (Lipinski definition) is 1. The number of carbonyl (C=O) groups is 1. The highest BCUT2D eigenvalue weighted by atomic mass is 32.2. The second kappa shape index (κ2) is 8.71. The molecule has 1 amide bonds. The summed E-state index contributed by atoms with van der Waals surface area (Å²) in [6.07, 6.45) is 6.93. The van der Waals surface area contributed by atoms with Gasteiger partial charge >= 0.3 is 0 Å². The first kappa shape index (κ1) is 20.8. The number of amides is 1. The maximum Gasteiger partial charge on any atom is 0.267 e. The number of fused-ring (bicyclic) bond motifs is 1. The van der Waals surface area contributed by atoms with Gasteiger partial charge in [0.1, 0.15) is 15.8 Å². The van der Waals surface area contributed by atoms with E-state index < -0.39 is 0 Å². The summed E-state index contributed by atoms with van der Waals surface area (Å²) in [6.45, 7) is 7.21. The monoisotopic (exact) mass is 442 g/mol. The summed E-state index contributed by atoms with van der Waals surface area (Å²) < 4.78 is 7.61. The van der Waals surface area contributed by atoms with Crippen molar-refractivity contribution in [3.63, 3.8) is 0 Å². The average Bonchev–Trinajstić information content (AvgIpc) is 3.33. The summed E-state index contributed by atoms with van der Waals surface area (Å²) in [6, 6.07) is 3.69. The quantitative estimate of drug-likeness (QED) is 0.419. The molecule has 1 atom stereocenters. The molecular formula is C21H22N4O3S2. The van der Waals surface area contributed by atoms with Crippen LogP contribution in [0.2, 0.25) is 0 Å². The molecule has 2 aromatic rings. The highest BCUT2D eigenvalue weighted by Crippen LogP contribution is 2.34. The van der Waals surface area contributed by atoms with Gasteiger partial charge in [-0.2, -0.15) is 0 Å². The number of thiocarbonyl (C=S) groups is 1. The van der Waals surface area contributed by atoms with Crippen LogP contribution >= 0.6 is 24.0 Å². The molecule has 0 saturated carbocycles. The number of hydrogen-bond acceptors (Lipinski definition) is 7. The minimum absolute atomic E-state index is 0.00704. The molecule has 2 fully saturated rings. The average molecular weight is 443 g/mol. The summed E-state index contributed by atoms with van der Waals surface area (Å²) in [4.78, 5) is 32.8. The van der Waals surface area contributed by atoms with Crippen LogP contribution in [0.3, 0.4) is 0 Å². The van der Waals surface area contributed by atoms with Crippen LogP contribution in [-0.4, -0.2) is 50.3 Å². The molecule has 2 aromatic heterocycles. The van der Waals surface area contributed by atoms with E-state index in [1.165, 1.54) is 16.2 Å². The summed E-state index contributed by atoms with van der Waals surface area (Å²) >= 11 is 6.62. The lowest BCUT2D eigenvalue weighted by Crippen LogP contribution is -2.35. The number of carbonyl (C=O) groups excluding carboxylic acids is 1. The van der Waals surface area contributed by atoms with Crippen molar-refractivity contribution in [1.82, 2.24) is 14.3 Å². The topological polar surface area (TPSA) is 75.9 Å². The first-order valence-electron chi connectivity index (χ1n) is 9.72. The van der Waals surface area contributed by atoms with Gasteiger partial charge in [0, 0.05) is 19.3 Å². The Morgan fingerprint density at radius 3 is 3.00 bits per heavy atom. The number of pyridine rings is 1. The van der Waals surface area contributed by atoms with E-state index in [2.05, 4.69) is 16.9 Å². The van der Waals surface area contributed by atoms with Crippen molar-refractivity contribution in [2.45, 2.75) is 25.9 Å². The van der Waals surface area contributed by atoms with Gasteiger partial charge in [-0.3, -0.25) is 18.9 Å². The molecule has 0 aliphatic carbocycles. The van der Waals surface area contributed by atoms with Crippen molar-refractivity contribution in [1.29, 1.82) is 0 Å². The van der Waals surface area contributed by atoms with E-state index in [0.29, 0.717) is 46.0 Å². The van der Waals surface area contributed by atoms with Crippen LogP contribution in [0.4, 0.5) is 5.82 Å². The zero-order valence-electron chi connectivity index (χ0n) is 16.6. The fraction of sp³-hybridized carbons (Fsp3) is 0.333. The molecule has 156 valence electrons. The molecule has 2 aliphatic rings. The van der Waals surface area contributed by atoms with Gasteiger partial charge in [0.05, 0.1) is 23.1 Å². The molecule has 30 heavy (non-hydrogen) atoms. The molecule has 1 N–H and O–H groups in total. The van der Waals surface area contributed by atoms with Crippen LogP contribution < -0.4 is 10.9 Å². The van der Waals surface area contributed by atoms with E-state index >= 15 is 0 Å². The van der Waals surface area contributed by atoms with Crippen molar-refractivity contribution in [2.75, 3.05) is 25.0 Å². The van der Waals surface area contributed by atoms with E-state index in [4.69, 9.17) is 17.0 Å². The Morgan fingerprint density at radius 2 is 2.27 bits per heavy atom. The van der Waals surface area contributed by atoms with Crippen molar-refractivity contribution in [3.8, 4) is 0 Å². The summed E-state index contributed by atoms with van der Waals surface area (Å²) in [7, 11) is 0. The lowest BCUT2D eigenvalue weighted by Gasteiger charge is -2.18. The van der Waals surface area contributed by atoms with E-state index in [-0.39, 0.29) is 17.6 Å². The number of anilines is 1. The Labute approximate surface area is 183 Å². The number of nitrogens with zero attached hydrogens (tertiary/aromatic N) is 3. The lowest BCUT2D eigenvalue weighted by molar-refractivity contribution is -0.123. The molecule has 0 aromatic carbocycles. The minimum atomic E-state index is -0.250. The molecule has 0 unspecified atom stereocenters. The predicted molar refractivity (Wildman–Crippen MR) is 124 cm³/mol. The van der Waals surface area contributed by atoms with Gasteiger partial charge in [-0.15, -0.1) is 6.58 Å². The van der Waals surface area contributed by atoms with E-state index in [9.17, 15) is 9.59 Å². The third kappa shape index (κ3) is 4.05. The Morgan fingerprint density at radius 1 is 1.43 bits per heavy atom. The number of aromatic nitrogens is 2. The van der Waals surface area contributed by atoms with Crippen molar-refractivity contribution in [2.24, 2.45) is 0 Å². The maximum atomic E-state index is 13.2. The second-order valence-corrected chi connectivity index (χ2v) is 8.89. The van der Waals surface area contributed by atoms with Crippen LogP contribution in [0, 0.1) is 6.92 Å². The van der Waals surface area contributed by atoms with Gasteiger partial charge in [-0.1, -0.05) is 36.1 Å². The Bertz CT molecular complexity index is 1120. The van der Waals surface area contributed by atoms with Crippen LogP contribution in [0.15, 0.2) is 40.7 Å². The lowest BCUT2D eigenvalue weighted by atomic mass is 10.2. The molecule has 7 nitrogen and oxygen atoms in total. The highest BCUT2D eigenvalue weighted by molar-refractivity contribution is 8.26. The van der Waals surface area contributed by atoms with Gasteiger partial charge < -0.3 is 10.1 Å². The fourth-order valence-electron chi connectivity index (χ4n) is 3.47. The van der Waals surface area contributed by atoms with Crippen LogP contribution in [0.1, 0.15) is 24.0 Å². The van der Waals surface area contributed by atoms with Crippen molar-refractivity contribution < 1.29 is 9.53 Å². The maximum absolute atomic E-state index is 13.2. The first-order valence-corrected chi connectivity index (χ1v) is 10.9. The van der Waals surface area contributed by atoms with Gasteiger partial charge in [-0.25, -0.2) is 4.98 Å². The third-order valence-corrected chi connectivity index (χ3v) is 6.36. The van der Waals surface area contributed by atoms with Gasteiger partial charge in [-0.05, 0) is 37.5 Å². The van der Waals surface area contributed by atoms with Crippen molar-refractivity contribution in [3.05, 3.63) is 57.4 Å². The molecule has 2 aliphatic heterocycles. The van der Waals surface area contributed by atoms with Crippen LogP contribution in [0.25, 0.3) is 11.7 Å². The summed E-state index contributed by atoms with van der Waals surface area (Å²) in [5.41, 5.74) is 1.53. The minimum Gasteiger partial charge on any atom is -0.376 e. The Kier molecular flexibility index (Phi) is 6.03. The van der Waals surface area contributed by atoms with Crippen LogP contribution in [-0.2, 0) is 9.53 Å². The first-order chi connectivity index (χ1) is 14.5. The zero-order chi connectivity index (χ0) is 21.3. The molecule has 0 bridgehead atoms. The van der Waals surface area contributed by atoms with Gasteiger partial charge in [0.15, 0.2) is 0 Å². The molecule has 0 radical (unpaired) electrons. The molecule has 4 heterocycles. The molecular weight excluding hydrogens is 420 g/mol. The molecule has 0 spiro atoms. The number of rotatable bonds is 6. The fourth-order valence-corrected chi connectivity index (χ4v) is 4.73. The van der Waals surface area contributed by atoms with E-state index in [1.54, 1.807) is 29.3 Å². The Balaban J connectivity index is 1.74. The SMILES string of the molecule is C=CCNc1nc2ccc(C)cn2c(=O)c1/C=C1/SC(=S)N(C[C@@H]2CCCO2)C1=O. The number of aryl methyl sites for hydroxylation is 1. The molecule has 9 heteroatoms. The van der Waals surface area contributed by atoms with Gasteiger partial charge in [0.25, 0.3) is 11.5 Å². The third-order valence-electron chi connectivity index (χ3n) is 4.98. The van der Waals surface area contributed by atoms with Crippen molar-refractivity contribution >= 4 is 51.7 Å². The number of nitrogens with one attached hydrogen (secondary N) is 1. The summed E-state index contributed by atoms with van der Waals surface area (Å²) in [5, 5.41) is 3.11. The van der Waals surface area contributed by atoms with Gasteiger partial charge in [0.2, 0.25) is 0 Å². The largest absolute Gasteiger partial charge is 0.376 e. The zero-order valence-corrected chi connectivity index (χ0v) is 18.2. The smallest absolute Gasteiger partial charge is 0.267 e. The Hall–Kier alpha value is -2.49. The normalized spacial score (nSPS) is 20.5. The molecule has 4 rings (SSSR count).